The fourth-order valence-corrected chi connectivity index (χ4v) is 6.41. The zero-order valence-electron chi connectivity index (χ0n) is 17.7. The Labute approximate surface area is 201 Å². The average Bonchev–Trinajstić information content (AvgIpc) is 3.24. The Bertz CT molecular complexity index is 1300. The molecule has 3 aromatic rings. The van der Waals surface area contributed by atoms with Crippen LogP contribution in [0.2, 0.25) is 4.34 Å². The maximum absolute atomic E-state index is 13.2. The normalized spacial score (nSPS) is 13.4. The number of benzene rings is 2. The van der Waals surface area contributed by atoms with Gasteiger partial charge in [0.1, 0.15) is 10.0 Å². The van der Waals surface area contributed by atoms with Crippen molar-refractivity contribution in [3.63, 3.8) is 0 Å². The zero-order valence-corrected chi connectivity index (χ0v) is 20.1. The molecule has 0 aliphatic carbocycles. The van der Waals surface area contributed by atoms with Crippen molar-refractivity contribution >= 4 is 56.1 Å². The van der Waals surface area contributed by atoms with Crippen LogP contribution in [0.4, 0.5) is 11.4 Å². The lowest BCUT2D eigenvalue weighted by Crippen LogP contribution is -2.36. The Hall–Kier alpha value is -2.88. The molecule has 0 saturated carbocycles. The van der Waals surface area contributed by atoms with E-state index in [0.29, 0.717) is 34.2 Å². The maximum atomic E-state index is 13.2. The lowest BCUT2D eigenvalue weighted by Gasteiger charge is -2.31. The number of amidine groups is 1. The van der Waals surface area contributed by atoms with Crippen LogP contribution in [0.3, 0.4) is 0 Å². The summed E-state index contributed by atoms with van der Waals surface area (Å²) in [6, 6.07) is 15.7. The van der Waals surface area contributed by atoms with Crippen molar-refractivity contribution in [2.45, 2.75) is 29.9 Å². The molecule has 0 spiro atoms. The molecule has 2 aromatic carbocycles. The van der Waals surface area contributed by atoms with Gasteiger partial charge in [-0.3, -0.25) is 14.9 Å². The molecule has 1 aliphatic heterocycles. The first kappa shape index (κ1) is 23.3. The number of nitrogens with two attached hydrogens (primary N) is 1. The molecule has 0 atom stereocenters. The highest BCUT2D eigenvalue weighted by Crippen LogP contribution is 2.37. The summed E-state index contributed by atoms with van der Waals surface area (Å²) < 4.78 is 28.9. The van der Waals surface area contributed by atoms with E-state index in [2.05, 4.69) is 4.72 Å². The standard InChI is InChI=1S/C23H23ClN4O3S2/c24-19-11-13-21(32-19)33(30,31)27-18-5-1-3-16-4-2-14-28(22(16)18)20(29)12-8-15-6-9-17(10-7-15)23(25)26/h1,3,5-7,9-11,13,27H,2,4,8,12,14H2,(H3,25,26). The highest BCUT2D eigenvalue weighted by atomic mass is 35.5. The smallest absolute Gasteiger partial charge is 0.271 e. The minimum atomic E-state index is -3.82. The third-order valence-electron chi connectivity index (χ3n) is 5.47. The van der Waals surface area contributed by atoms with E-state index in [0.717, 1.165) is 35.3 Å². The molecule has 2 heterocycles. The van der Waals surface area contributed by atoms with Crippen LogP contribution in [0.5, 0.6) is 0 Å². The molecule has 33 heavy (non-hydrogen) atoms. The van der Waals surface area contributed by atoms with Gasteiger partial charge in [-0.15, -0.1) is 11.3 Å². The van der Waals surface area contributed by atoms with E-state index in [1.807, 2.05) is 18.2 Å². The molecule has 0 bridgehead atoms. The van der Waals surface area contributed by atoms with Crippen LogP contribution >= 0.6 is 22.9 Å². The van der Waals surface area contributed by atoms with Gasteiger partial charge >= 0.3 is 0 Å². The van der Waals surface area contributed by atoms with Gasteiger partial charge in [-0.25, -0.2) is 8.42 Å². The molecule has 1 aliphatic rings. The summed E-state index contributed by atoms with van der Waals surface area (Å²) in [7, 11) is -3.82. The predicted molar refractivity (Wildman–Crippen MR) is 133 cm³/mol. The van der Waals surface area contributed by atoms with Crippen LogP contribution in [-0.2, 0) is 27.7 Å². The molecular weight excluding hydrogens is 480 g/mol. The van der Waals surface area contributed by atoms with E-state index in [9.17, 15) is 13.2 Å². The molecule has 0 fully saturated rings. The summed E-state index contributed by atoms with van der Waals surface area (Å²) >= 11 is 6.90. The second kappa shape index (κ2) is 9.54. The first-order chi connectivity index (χ1) is 15.7. The Morgan fingerprint density at radius 1 is 1.15 bits per heavy atom. The summed E-state index contributed by atoms with van der Waals surface area (Å²) in [6.45, 7) is 0.526. The summed E-state index contributed by atoms with van der Waals surface area (Å²) in [4.78, 5) is 14.9. The van der Waals surface area contributed by atoms with Crippen LogP contribution in [0.1, 0.15) is 29.5 Å². The topological polar surface area (TPSA) is 116 Å². The average molecular weight is 503 g/mol. The van der Waals surface area contributed by atoms with Crippen LogP contribution in [0.25, 0.3) is 0 Å². The van der Waals surface area contributed by atoms with Crippen molar-refractivity contribution in [2.75, 3.05) is 16.2 Å². The predicted octanol–water partition coefficient (Wildman–Crippen LogP) is 4.40. The summed E-state index contributed by atoms with van der Waals surface area (Å²) in [5.74, 6) is -0.0697. The Kier molecular flexibility index (Phi) is 6.73. The van der Waals surface area contributed by atoms with Gasteiger partial charge < -0.3 is 10.6 Å². The lowest BCUT2D eigenvalue weighted by atomic mass is 9.99. The quantitative estimate of drug-likeness (QED) is 0.328. The van der Waals surface area contributed by atoms with Gasteiger partial charge in [0.2, 0.25) is 5.91 Å². The Morgan fingerprint density at radius 3 is 2.58 bits per heavy atom. The van der Waals surface area contributed by atoms with Crippen molar-refractivity contribution in [3.05, 3.63) is 75.6 Å². The number of amides is 1. The summed E-state index contributed by atoms with van der Waals surface area (Å²) in [5, 5.41) is 7.48. The van der Waals surface area contributed by atoms with E-state index < -0.39 is 10.0 Å². The van der Waals surface area contributed by atoms with Crippen molar-refractivity contribution in [1.82, 2.24) is 0 Å². The molecule has 4 rings (SSSR count). The van der Waals surface area contributed by atoms with Crippen molar-refractivity contribution in [2.24, 2.45) is 5.73 Å². The Balaban J connectivity index is 1.55. The monoisotopic (exact) mass is 502 g/mol. The lowest BCUT2D eigenvalue weighted by molar-refractivity contribution is -0.118. The van der Waals surface area contributed by atoms with E-state index >= 15 is 0 Å². The van der Waals surface area contributed by atoms with Gasteiger partial charge in [0.15, 0.2) is 0 Å². The number of nitrogen functional groups attached to an aromatic ring is 1. The maximum Gasteiger partial charge on any atom is 0.271 e. The molecule has 0 saturated heterocycles. The fraction of sp³-hybridized carbons (Fsp3) is 0.217. The van der Waals surface area contributed by atoms with Gasteiger partial charge in [0.05, 0.1) is 15.7 Å². The third-order valence-corrected chi connectivity index (χ3v) is 8.56. The molecule has 1 aromatic heterocycles. The third kappa shape index (κ3) is 5.21. The van der Waals surface area contributed by atoms with Crippen LogP contribution < -0.4 is 15.4 Å². The number of halogens is 1. The van der Waals surface area contributed by atoms with Crippen molar-refractivity contribution < 1.29 is 13.2 Å². The largest absolute Gasteiger partial charge is 0.384 e. The second-order valence-corrected chi connectivity index (χ2v) is 11.4. The summed E-state index contributed by atoms with van der Waals surface area (Å²) in [5.41, 5.74) is 9.04. The highest BCUT2D eigenvalue weighted by Gasteiger charge is 2.27. The first-order valence-electron chi connectivity index (χ1n) is 10.4. The van der Waals surface area contributed by atoms with E-state index in [-0.39, 0.29) is 22.4 Å². The number of hydrogen-bond donors (Lipinski definition) is 3. The number of hydrogen-bond acceptors (Lipinski definition) is 5. The number of carbonyl (C=O) groups is 1. The minimum absolute atomic E-state index is 0.00218. The number of nitrogens with one attached hydrogen (secondary N) is 2. The van der Waals surface area contributed by atoms with E-state index in [1.165, 1.54) is 6.07 Å². The number of nitrogens with zero attached hydrogens (tertiary/aromatic N) is 1. The molecule has 10 heteroatoms. The Morgan fingerprint density at radius 2 is 1.91 bits per heavy atom. The molecular formula is C23H23ClN4O3S2. The fourth-order valence-electron chi connectivity index (χ4n) is 3.86. The number of carbonyl (C=O) groups excluding carboxylic acids is 1. The van der Waals surface area contributed by atoms with Crippen molar-refractivity contribution in [3.8, 4) is 0 Å². The number of fused-ring (bicyclic) bond motifs is 1. The molecule has 172 valence electrons. The van der Waals surface area contributed by atoms with Crippen LogP contribution in [0.15, 0.2) is 58.8 Å². The summed E-state index contributed by atoms with van der Waals surface area (Å²) in [6.07, 6.45) is 2.39. The number of aryl methyl sites for hydroxylation is 2. The molecule has 1 amide bonds. The van der Waals surface area contributed by atoms with E-state index in [1.54, 1.807) is 35.2 Å². The van der Waals surface area contributed by atoms with Gasteiger partial charge in [0, 0.05) is 18.5 Å². The number of sulfonamides is 1. The number of anilines is 2. The SMILES string of the molecule is N=C(N)c1ccc(CCC(=O)N2CCCc3cccc(NS(=O)(=O)c4ccc(Cl)s4)c32)cc1. The molecule has 0 unspecified atom stereocenters. The number of rotatable bonds is 7. The van der Waals surface area contributed by atoms with Gasteiger partial charge in [0.25, 0.3) is 10.0 Å². The zero-order chi connectivity index (χ0) is 23.6. The van der Waals surface area contributed by atoms with Crippen molar-refractivity contribution in [1.29, 1.82) is 5.41 Å². The molecule has 0 radical (unpaired) electrons. The minimum Gasteiger partial charge on any atom is -0.384 e. The van der Waals surface area contributed by atoms with Crippen LogP contribution in [-0.4, -0.2) is 26.7 Å². The second-order valence-electron chi connectivity index (χ2n) is 7.74. The number of thiophene rings is 1. The van der Waals surface area contributed by atoms with Gasteiger partial charge in [-0.1, -0.05) is 48.0 Å². The molecule has 4 N–H and O–H groups in total. The number of para-hydroxylation sites is 1. The highest BCUT2D eigenvalue weighted by molar-refractivity contribution is 7.94. The van der Waals surface area contributed by atoms with Crippen LogP contribution in [0, 0.1) is 5.41 Å². The van der Waals surface area contributed by atoms with E-state index in [4.69, 9.17) is 22.7 Å². The first-order valence-corrected chi connectivity index (χ1v) is 13.1. The van der Waals surface area contributed by atoms with Gasteiger partial charge in [-0.05, 0) is 48.6 Å². The molecule has 7 nitrogen and oxygen atoms in total. The van der Waals surface area contributed by atoms with Gasteiger partial charge in [-0.2, -0.15) is 0 Å².